The summed E-state index contributed by atoms with van der Waals surface area (Å²) in [6, 6.07) is -1.77. The first-order chi connectivity index (χ1) is 11.4. The molecule has 0 spiro atoms. The summed E-state index contributed by atoms with van der Waals surface area (Å²) in [6.45, 7) is 3.01. The van der Waals surface area contributed by atoms with Crippen LogP contribution in [0.1, 0.15) is 0 Å². The van der Waals surface area contributed by atoms with Crippen LogP contribution in [0, 0.1) is 5.41 Å². The molecule has 0 aromatic carbocycles. The third kappa shape index (κ3) is 2.29. The number of nitrogens with one attached hydrogen (secondary N) is 2. The van der Waals surface area contributed by atoms with Gasteiger partial charge in [0.1, 0.15) is 18.3 Å². The molecule has 0 radical (unpaired) electrons. The number of carbonyl (C=O) groups excluding carboxylic acids is 2. The van der Waals surface area contributed by atoms with E-state index in [2.05, 4.69) is 16.9 Å². The van der Waals surface area contributed by atoms with Crippen molar-refractivity contribution in [2.45, 2.75) is 30.6 Å². The standard InChI is InChI=1S/C13H17N5O6/c1-2-3-17-6-9(15-12(14)16-10(6)22)18(13(17)23)11-8(21)7(20)5(4-19)24-11/h2,5-8,11,19-21H,1,3-4H2,(H2,14,16,22)/t5-,6?,7+,8-,11-/m1/s1. The second-order valence-corrected chi connectivity index (χ2v) is 5.53. The lowest BCUT2D eigenvalue weighted by atomic mass is 10.1. The van der Waals surface area contributed by atoms with Gasteiger partial charge >= 0.3 is 6.03 Å². The lowest BCUT2D eigenvalue weighted by molar-refractivity contribution is -0.121. The molecule has 3 rings (SSSR count). The summed E-state index contributed by atoms with van der Waals surface area (Å²) < 4.78 is 5.35. The van der Waals surface area contributed by atoms with Crippen LogP contribution in [0.4, 0.5) is 4.79 Å². The minimum Gasteiger partial charge on any atom is -0.394 e. The van der Waals surface area contributed by atoms with Gasteiger partial charge in [-0.05, 0) is 0 Å². The van der Waals surface area contributed by atoms with Crippen LogP contribution in [0.15, 0.2) is 17.6 Å². The number of carbonyl (C=O) groups is 2. The Morgan fingerprint density at radius 2 is 2.08 bits per heavy atom. The van der Waals surface area contributed by atoms with Crippen molar-refractivity contribution >= 4 is 23.7 Å². The molecule has 3 aliphatic heterocycles. The van der Waals surface area contributed by atoms with E-state index in [1.807, 2.05) is 0 Å². The summed E-state index contributed by atoms with van der Waals surface area (Å²) in [7, 11) is 0. The van der Waals surface area contributed by atoms with Crippen molar-refractivity contribution < 1.29 is 29.6 Å². The molecular weight excluding hydrogens is 322 g/mol. The van der Waals surface area contributed by atoms with Gasteiger partial charge in [-0.3, -0.25) is 15.5 Å². The molecule has 0 aromatic rings. The van der Waals surface area contributed by atoms with Crippen LogP contribution in [-0.4, -0.2) is 92.6 Å². The summed E-state index contributed by atoms with van der Waals surface area (Å²) in [4.78, 5) is 30.8. The maximum atomic E-state index is 12.7. The van der Waals surface area contributed by atoms with Crippen LogP contribution in [0.25, 0.3) is 0 Å². The molecule has 0 bridgehead atoms. The monoisotopic (exact) mass is 339 g/mol. The molecule has 1 unspecified atom stereocenters. The topological polar surface area (TPSA) is 159 Å². The van der Waals surface area contributed by atoms with Crippen molar-refractivity contribution in [3.8, 4) is 0 Å². The molecular formula is C13H17N5O6. The summed E-state index contributed by atoms with van der Waals surface area (Å²) >= 11 is 0. The van der Waals surface area contributed by atoms with Crippen molar-refractivity contribution in [1.29, 1.82) is 5.41 Å². The molecule has 5 atom stereocenters. The molecule has 5 N–H and O–H groups in total. The van der Waals surface area contributed by atoms with Gasteiger partial charge in [0, 0.05) is 6.54 Å². The van der Waals surface area contributed by atoms with Gasteiger partial charge in [0.2, 0.25) is 5.96 Å². The van der Waals surface area contributed by atoms with Gasteiger partial charge in [0.15, 0.2) is 18.1 Å². The highest BCUT2D eigenvalue weighted by Gasteiger charge is 2.56. The molecule has 2 saturated heterocycles. The molecule has 2 fully saturated rings. The number of urea groups is 1. The molecule has 11 heteroatoms. The first kappa shape index (κ1) is 16.5. The molecule has 3 amide bonds. The van der Waals surface area contributed by atoms with Crippen LogP contribution in [0.2, 0.25) is 0 Å². The third-order valence-electron chi connectivity index (χ3n) is 4.07. The minimum absolute atomic E-state index is 0.0363. The fourth-order valence-corrected chi connectivity index (χ4v) is 2.97. The molecule has 3 aliphatic rings. The van der Waals surface area contributed by atoms with Gasteiger partial charge < -0.3 is 25.0 Å². The van der Waals surface area contributed by atoms with E-state index < -0.39 is 55.1 Å². The smallest absolute Gasteiger partial charge is 0.329 e. The van der Waals surface area contributed by atoms with Crippen molar-refractivity contribution in [3.05, 3.63) is 12.7 Å². The Bertz CT molecular complexity index is 636. The average Bonchev–Trinajstić information content (AvgIpc) is 2.96. The summed E-state index contributed by atoms with van der Waals surface area (Å²) in [6.07, 6.45) is -3.90. The Kier molecular flexibility index (Phi) is 4.09. The van der Waals surface area contributed by atoms with Gasteiger partial charge in [-0.25, -0.2) is 9.69 Å². The van der Waals surface area contributed by atoms with Crippen molar-refractivity contribution in [3.63, 3.8) is 0 Å². The van der Waals surface area contributed by atoms with Gasteiger partial charge in [0.25, 0.3) is 5.91 Å². The minimum atomic E-state index is -1.50. The number of ether oxygens (including phenoxy) is 1. The number of aliphatic hydroxyl groups is 3. The second kappa shape index (κ2) is 5.94. The average molecular weight is 339 g/mol. The Labute approximate surface area is 136 Å². The van der Waals surface area contributed by atoms with Crippen LogP contribution in [0.5, 0.6) is 0 Å². The third-order valence-corrected chi connectivity index (χ3v) is 4.07. The second-order valence-electron chi connectivity index (χ2n) is 5.53. The zero-order valence-corrected chi connectivity index (χ0v) is 12.5. The lowest BCUT2D eigenvalue weighted by Gasteiger charge is -2.26. The molecule has 0 aliphatic carbocycles. The van der Waals surface area contributed by atoms with E-state index >= 15 is 0 Å². The number of aliphatic hydroxyl groups excluding tert-OH is 3. The van der Waals surface area contributed by atoms with Crippen LogP contribution < -0.4 is 5.32 Å². The SMILES string of the molecule is C=CCN1C(=O)N([C@@H]2O[C@H](CO)[C@H](O)[C@H]2O)C2=NC(=N)NC(=O)C21. The van der Waals surface area contributed by atoms with Crippen molar-refractivity contribution in [2.75, 3.05) is 13.2 Å². The predicted octanol–water partition coefficient (Wildman–Crippen LogP) is -2.82. The number of fused-ring (bicyclic) bond motifs is 1. The van der Waals surface area contributed by atoms with E-state index in [9.17, 15) is 24.9 Å². The van der Waals surface area contributed by atoms with Gasteiger partial charge in [0.05, 0.1) is 6.61 Å². The van der Waals surface area contributed by atoms with E-state index in [4.69, 9.17) is 10.1 Å². The highest BCUT2D eigenvalue weighted by molar-refractivity contribution is 6.25. The van der Waals surface area contributed by atoms with Crippen LogP contribution >= 0.6 is 0 Å². The lowest BCUT2D eigenvalue weighted by Crippen LogP contribution is -2.54. The number of hydrogen-bond donors (Lipinski definition) is 5. The molecule has 24 heavy (non-hydrogen) atoms. The summed E-state index contributed by atoms with van der Waals surface area (Å²) in [5, 5.41) is 39.0. The molecule has 3 heterocycles. The van der Waals surface area contributed by atoms with E-state index in [1.165, 1.54) is 6.08 Å². The fraction of sp³-hybridized carbons (Fsp3) is 0.538. The highest BCUT2D eigenvalue weighted by atomic mass is 16.6. The number of nitrogens with zero attached hydrogens (tertiary/aromatic N) is 3. The Morgan fingerprint density at radius 1 is 1.38 bits per heavy atom. The van der Waals surface area contributed by atoms with E-state index in [-0.39, 0.29) is 12.4 Å². The largest absolute Gasteiger partial charge is 0.394 e. The zero-order valence-electron chi connectivity index (χ0n) is 12.5. The quantitative estimate of drug-likeness (QED) is 0.347. The maximum Gasteiger partial charge on any atom is 0.329 e. The number of hydrogen-bond acceptors (Lipinski definition) is 7. The summed E-state index contributed by atoms with van der Waals surface area (Å²) in [5.74, 6) is -1.14. The van der Waals surface area contributed by atoms with Gasteiger partial charge in [-0.1, -0.05) is 6.08 Å². The van der Waals surface area contributed by atoms with Crippen LogP contribution in [-0.2, 0) is 9.53 Å². The number of rotatable bonds is 4. The maximum absolute atomic E-state index is 12.7. The number of amidine groups is 1. The van der Waals surface area contributed by atoms with Gasteiger partial charge in [-0.2, -0.15) is 4.99 Å². The first-order valence-corrected chi connectivity index (χ1v) is 7.22. The van der Waals surface area contributed by atoms with E-state index in [1.54, 1.807) is 0 Å². The zero-order chi connectivity index (χ0) is 17.6. The fourth-order valence-electron chi connectivity index (χ4n) is 2.97. The Morgan fingerprint density at radius 3 is 2.67 bits per heavy atom. The number of guanidine groups is 1. The molecule has 0 aromatic heterocycles. The normalized spacial score (nSPS) is 35.9. The first-order valence-electron chi connectivity index (χ1n) is 7.22. The van der Waals surface area contributed by atoms with Crippen molar-refractivity contribution in [2.24, 2.45) is 4.99 Å². The Hall–Kier alpha value is -2.34. The number of aliphatic imine (C=N–C) groups is 1. The molecule has 130 valence electrons. The predicted molar refractivity (Wildman–Crippen MR) is 79.0 cm³/mol. The van der Waals surface area contributed by atoms with Gasteiger partial charge in [-0.15, -0.1) is 6.58 Å². The van der Waals surface area contributed by atoms with E-state index in [0.717, 1.165) is 9.80 Å². The summed E-state index contributed by atoms with van der Waals surface area (Å²) in [5.41, 5.74) is 0. The Balaban J connectivity index is 2.00. The van der Waals surface area contributed by atoms with E-state index in [0.29, 0.717) is 0 Å². The van der Waals surface area contributed by atoms with Crippen LogP contribution in [0.3, 0.4) is 0 Å². The molecule has 0 saturated carbocycles. The molecule has 11 nitrogen and oxygen atoms in total. The number of amides is 3. The van der Waals surface area contributed by atoms with Crippen molar-refractivity contribution in [1.82, 2.24) is 15.1 Å². The highest BCUT2D eigenvalue weighted by Crippen LogP contribution is 2.31.